The second kappa shape index (κ2) is 8.51. The highest BCUT2D eigenvalue weighted by Gasteiger charge is 2.36. The number of carboxylic acids is 1. The molecule has 0 aromatic carbocycles. The van der Waals surface area contributed by atoms with Crippen molar-refractivity contribution in [3.63, 3.8) is 0 Å². The third-order valence-corrected chi connectivity index (χ3v) is 4.63. The number of hydrogen-bond donors (Lipinski definition) is 2. The molecule has 0 saturated carbocycles. The first-order valence-corrected chi connectivity index (χ1v) is 8.58. The van der Waals surface area contributed by atoms with E-state index in [2.05, 4.69) is 17.1 Å². The third-order valence-electron chi connectivity index (χ3n) is 4.63. The van der Waals surface area contributed by atoms with Crippen molar-refractivity contribution >= 4 is 11.9 Å². The quantitative estimate of drug-likeness (QED) is 0.758. The zero-order valence-corrected chi connectivity index (χ0v) is 14.6. The van der Waals surface area contributed by atoms with Gasteiger partial charge in [0.1, 0.15) is 6.04 Å². The van der Waals surface area contributed by atoms with Gasteiger partial charge in [0.25, 0.3) is 0 Å². The lowest BCUT2D eigenvalue weighted by molar-refractivity contribution is -0.144. The molecule has 1 saturated heterocycles. The summed E-state index contributed by atoms with van der Waals surface area (Å²) in [6, 6.07) is -0.640. The number of carbonyl (C=O) groups is 2. The molecule has 1 heterocycles. The second-order valence-corrected chi connectivity index (χ2v) is 7.05. The summed E-state index contributed by atoms with van der Waals surface area (Å²) in [7, 11) is 0. The molecule has 5 nitrogen and oxygen atoms in total. The first kappa shape index (κ1) is 18.9. The number of aliphatic carboxylic acids is 1. The molecule has 0 spiro atoms. The lowest BCUT2D eigenvalue weighted by Crippen LogP contribution is -2.58. The van der Waals surface area contributed by atoms with E-state index >= 15 is 0 Å². The Morgan fingerprint density at radius 1 is 1.18 bits per heavy atom. The van der Waals surface area contributed by atoms with Crippen molar-refractivity contribution in [1.82, 2.24) is 10.2 Å². The van der Waals surface area contributed by atoms with Crippen molar-refractivity contribution in [2.45, 2.75) is 78.4 Å². The van der Waals surface area contributed by atoms with Gasteiger partial charge in [0.05, 0.1) is 6.04 Å². The van der Waals surface area contributed by atoms with E-state index in [0.717, 1.165) is 25.8 Å². The Bertz CT molecular complexity index is 382. The zero-order valence-electron chi connectivity index (χ0n) is 14.6. The van der Waals surface area contributed by atoms with E-state index in [0.29, 0.717) is 6.04 Å². The van der Waals surface area contributed by atoms with Gasteiger partial charge in [-0.25, -0.2) is 4.79 Å². The maximum absolute atomic E-state index is 12.7. The van der Waals surface area contributed by atoms with Crippen LogP contribution in [0.2, 0.25) is 0 Å². The van der Waals surface area contributed by atoms with Crippen LogP contribution in [0.5, 0.6) is 0 Å². The summed E-state index contributed by atoms with van der Waals surface area (Å²) in [4.78, 5) is 26.4. The van der Waals surface area contributed by atoms with E-state index in [1.54, 1.807) is 0 Å². The minimum absolute atomic E-state index is 0.127. The Hall–Kier alpha value is -1.10. The Morgan fingerprint density at radius 2 is 1.82 bits per heavy atom. The molecule has 0 radical (unpaired) electrons. The molecule has 5 heteroatoms. The molecule has 1 aliphatic heterocycles. The largest absolute Gasteiger partial charge is 0.480 e. The van der Waals surface area contributed by atoms with E-state index in [9.17, 15) is 14.7 Å². The molecule has 3 atom stereocenters. The van der Waals surface area contributed by atoms with Gasteiger partial charge in [-0.1, -0.05) is 41.0 Å². The van der Waals surface area contributed by atoms with Gasteiger partial charge in [0.15, 0.2) is 0 Å². The molecule has 3 unspecified atom stereocenters. The van der Waals surface area contributed by atoms with E-state index < -0.39 is 12.0 Å². The normalized spacial score (nSPS) is 22.6. The molecule has 1 aliphatic rings. The molecular weight excluding hydrogens is 280 g/mol. The molecule has 128 valence electrons. The predicted molar refractivity (Wildman–Crippen MR) is 87.7 cm³/mol. The average molecular weight is 312 g/mol. The Kier molecular flexibility index (Phi) is 7.33. The minimum Gasteiger partial charge on any atom is -0.480 e. The van der Waals surface area contributed by atoms with Gasteiger partial charge >= 0.3 is 5.97 Å². The number of likely N-dealkylation sites (tertiary alicyclic amines) is 1. The van der Waals surface area contributed by atoms with Crippen molar-refractivity contribution in [3.05, 3.63) is 0 Å². The molecule has 1 fully saturated rings. The summed E-state index contributed by atoms with van der Waals surface area (Å²) in [5, 5.41) is 12.1. The van der Waals surface area contributed by atoms with Crippen molar-refractivity contribution in [3.8, 4) is 0 Å². The number of carbonyl (C=O) groups excluding carboxylic acids is 1. The highest BCUT2D eigenvalue weighted by atomic mass is 16.4. The monoisotopic (exact) mass is 312 g/mol. The first-order valence-electron chi connectivity index (χ1n) is 8.58. The highest BCUT2D eigenvalue weighted by Crippen LogP contribution is 2.25. The van der Waals surface area contributed by atoms with Crippen LogP contribution in [-0.4, -0.2) is 46.6 Å². The molecule has 2 N–H and O–H groups in total. The highest BCUT2D eigenvalue weighted by molar-refractivity contribution is 5.87. The average Bonchev–Trinajstić information content (AvgIpc) is 2.44. The molecule has 1 rings (SSSR count). The van der Waals surface area contributed by atoms with Gasteiger partial charge in [-0.3, -0.25) is 9.69 Å². The minimum atomic E-state index is -0.962. The molecular formula is C17H32N2O3. The standard InChI is InChI=1S/C17H32N2O3/c1-6-13-9-7-8-10-19(13)15(12(4)5)16(20)18-14(11(2)3)17(21)22/h11-15H,6-10H2,1-5H3,(H,18,20)(H,21,22). The SMILES string of the molecule is CCC1CCCCN1C(C(=O)NC(C(=O)O)C(C)C)C(C)C. The summed E-state index contributed by atoms with van der Waals surface area (Å²) in [6.45, 7) is 10.8. The van der Waals surface area contributed by atoms with Crippen LogP contribution in [-0.2, 0) is 9.59 Å². The molecule has 0 aromatic rings. The van der Waals surface area contributed by atoms with E-state index in [-0.39, 0.29) is 23.8 Å². The van der Waals surface area contributed by atoms with Gasteiger partial charge in [-0.2, -0.15) is 0 Å². The fourth-order valence-corrected chi connectivity index (χ4v) is 3.42. The summed E-state index contributed by atoms with van der Waals surface area (Å²) < 4.78 is 0. The van der Waals surface area contributed by atoms with Gasteiger partial charge in [0.2, 0.25) is 5.91 Å². The fraction of sp³-hybridized carbons (Fsp3) is 0.882. The van der Waals surface area contributed by atoms with Crippen LogP contribution in [0, 0.1) is 11.8 Å². The van der Waals surface area contributed by atoms with E-state index in [1.807, 2.05) is 27.7 Å². The lowest BCUT2D eigenvalue weighted by Gasteiger charge is -2.42. The number of nitrogens with one attached hydrogen (secondary N) is 1. The number of hydrogen-bond acceptors (Lipinski definition) is 3. The smallest absolute Gasteiger partial charge is 0.326 e. The fourth-order valence-electron chi connectivity index (χ4n) is 3.42. The lowest BCUT2D eigenvalue weighted by atomic mass is 9.92. The van der Waals surface area contributed by atoms with Crippen molar-refractivity contribution in [1.29, 1.82) is 0 Å². The van der Waals surface area contributed by atoms with Gasteiger partial charge < -0.3 is 10.4 Å². The Morgan fingerprint density at radius 3 is 2.27 bits per heavy atom. The summed E-state index contributed by atoms with van der Waals surface area (Å²) in [5.41, 5.74) is 0. The maximum atomic E-state index is 12.7. The van der Waals surface area contributed by atoms with Crippen LogP contribution in [0.3, 0.4) is 0 Å². The first-order chi connectivity index (χ1) is 10.3. The number of piperidine rings is 1. The number of rotatable bonds is 7. The summed E-state index contributed by atoms with van der Waals surface area (Å²) in [5.74, 6) is -1.07. The molecule has 0 bridgehead atoms. The topological polar surface area (TPSA) is 69.6 Å². The molecule has 22 heavy (non-hydrogen) atoms. The van der Waals surface area contributed by atoms with Crippen molar-refractivity contribution < 1.29 is 14.7 Å². The number of nitrogens with zero attached hydrogens (tertiary/aromatic N) is 1. The molecule has 0 aromatic heterocycles. The summed E-state index contributed by atoms with van der Waals surface area (Å²) >= 11 is 0. The molecule has 1 amide bonds. The Balaban J connectivity index is 2.89. The Labute approximate surface area is 134 Å². The second-order valence-electron chi connectivity index (χ2n) is 7.05. The van der Waals surface area contributed by atoms with Gasteiger partial charge in [0, 0.05) is 6.04 Å². The third kappa shape index (κ3) is 4.70. The number of carboxylic acid groups (broad SMARTS) is 1. The van der Waals surface area contributed by atoms with Crippen LogP contribution in [0.1, 0.15) is 60.3 Å². The van der Waals surface area contributed by atoms with Crippen LogP contribution in [0.4, 0.5) is 0 Å². The van der Waals surface area contributed by atoms with Crippen LogP contribution in [0.15, 0.2) is 0 Å². The van der Waals surface area contributed by atoms with Crippen LogP contribution in [0.25, 0.3) is 0 Å². The molecule has 0 aliphatic carbocycles. The van der Waals surface area contributed by atoms with E-state index in [1.165, 1.54) is 6.42 Å². The zero-order chi connectivity index (χ0) is 16.9. The van der Waals surface area contributed by atoms with Crippen LogP contribution < -0.4 is 5.32 Å². The van der Waals surface area contributed by atoms with E-state index in [4.69, 9.17) is 0 Å². The van der Waals surface area contributed by atoms with Gasteiger partial charge in [-0.05, 0) is 37.6 Å². The number of amides is 1. The van der Waals surface area contributed by atoms with Crippen molar-refractivity contribution in [2.24, 2.45) is 11.8 Å². The summed E-state index contributed by atoms with van der Waals surface area (Å²) in [6.07, 6.45) is 4.48. The van der Waals surface area contributed by atoms with Gasteiger partial charge in [-0.15, -0.1) is 0 Å². The van der Waals surface area contributed by atoms with Crippen molar-refractivity contribution in [2.75, 3.05) is 6.54 Å². The van der Waals surface area contributed by atoms with Crippen LogP contribution >= 0.6 is 0 Å². The predicted octanol–water partition coefficient (Wildman–Crippen LogP) is 2.50. The maximum Gasteiger partial charge on any atom is 0.326 e.